The summed E-state index contributed by atoms with van der Waals surface area (Å²) < 4.78 is 0. The maximum atomic E-state index is 10.1. The second kappa shape index (κ2) is 20.7. The molecule has 0 heterocycles. The number of unbranched alkanes of at least 4 members (excludes halogenated alkanes) is 17. The van der Waals surface area contributed by atoms with Gasteiger partial charge in [0.25, 0.3) is 0 Å². The molecule has 0 amide bonds. The monoisotopic (exact) mass is 337 g/mol. The molecule has 0 aliphatic carbocycles. The number of hydrogen-bond donors (Lipinski definition) is 0. The SMILES string of the molecule is CC(C)CCCCCCCCCCCCCCCCCCC[C]=O. The predicted molar refractivity (Wildman–Crippen MR) is 108 cm³/mol. The van der Waals surface area contributed by atoms with Crippen LogP contribution in [0.1, 0.15) is 136 Å². The van der Waals surface area contributed by atoms with E-state index in [1.165, 1.54) is 109 Å². The van der Waals surface area contributed by atoms with E-state index in [1.807, 2.05) is 6.29 Å². The van der Waals surface area contributed by atoms with E-state index in [-0.39, 0.29) is 0 Å². The van der Waals surface area contributed by atoms with Crippen LogP contribution in [0, 0.1) is 5.92 Å². The normalized spacial score (nSPS) is 11.3. The lowest BCUT2D eigenvalue weighted by atomic mass is 10.0. The second-order valence-corrected chi connectivity index (χ2v) is 8.09. The van der Waals surface area contributed by atoms with Crippen LogP contribution in [0.3, 0.4) is 0 Å². The van der Waals surface area contributed by atoms with E-state index in [4.69, 9.17) is 0 Å². The van der Waals surface area contributed by atoms with E-state index in [0.717, 1.165) is 12.3 Å². The molecule has 0 saturated carbocycles. The van der Waals surface area contributed by atoms with Crippen molar-refractivity contribution in [1.29, 1.82) is 0 Å². The lowest BCUT2D eigenvalue weighted by molar-refractivity contribution is 0.501. The molecule has 0 aromatic heterocycles. The highest BCUT2D eigenvalue weighted by atomic mass is 16.1. The molecule has 0 aromatic rings. The average Bonchev–Trinajstić information content (AvgIpc) is 2.56. The summed E-state index contributed by atoms with van der Waals surface area (Å²) in [5.41, 5.74) is 0. The van der Waals surface area contributed by atoms with Crippen LogP contribution in [-0.4, -0.2) is 6.29 Å². The predicted octanol–water partition coefficient (Wildman–Crippen LogP) is 8.16. The molecule has 1 nitrogen and oxygen atoms in total. The van der Waals surface area contributed by atoms with Crippen molar-refractivity contribution in [2.45, 2.75) is 136 Å². The van der Waals surface area contributed by atoms with E-state index < -0.39 is 0 Å². The first-order chi connectivity index (χ1) is 11.8. The Morgan fingerprint density at radius 1 is 0.500 bits per heavy atom. The molecule has 0 spiro atoms. The first-order valence-electron chi connectivity index (χ1n) is 11.1. The molecule has 0 fully saturated rings. The fraction of sp³-hybridized carbons (Fsp3) is 0.957. The largest absolute Gasteiger partial charge is 0.291 e. The van der Waals surface area contributed by atoms with Gasteiger partial charge in [0.05, 0.1) is 0 Å². The number of hydrogen-bond acceptors (Lipinski definition) is 1. The average molecular weight is 338 g/mol. The summed E-state index contributed by atoms with van der Waals surface area (Å²) in [4.78, 5) is 10.1. The Kier molecular flexibility index (Phi) is 20.4. The molecular formula is C23H45O. The van der Waals surface area contributed by atoms with Gasteiger partial charge in [-0.1, -0.05) is 123 Å². The minimum Gasteiger partial charge on any atom is -0.291 e. The van der Waals surface area contributed by atoms with Crippen LogP contribution in [0.4, 0.5) is 0 Å². The quantitative estimate of drug-likeness (QED) is 0.205. The smallest absolute Gasteiger partial charge is 0.198 e. The van der Waals surface area contributed by atoms with Crippen molar-refractivity contribution in [1.82, 2.24) is 0 Å². The fourth-order valence-corrected chi connectivity index (χ4v) is 3.40. The second-order valence-electron chi connectivity index (χ2n) is 8.09. The Morgan fingerprint density at radius 3 is 1.08 bits per heavy atom. The summed E-state index contributed by atoms with van der Waals surface area (Å²) in [5, 5.41) is 0. The zero-order valence-electron chi connectivity index (χ0n) is 16.9. The molecule has 0 saturated heterocycles. The molecule has 0 N–H and O–H groups in total. The molecule has 1 heteroatoms. The van der Waals surface area contributed by atoms with Crippen LogP contribution in [-0.2, 0) is 4.79 Å². The van der Waals surface area contributed by atoms with Crippen molar-refractivity contribution < 1.29 is 4.79 Å². The Labute approximate surface area is 153 Å². The van der Waals surface area contributed by atoms with Gasteiger partial charge in [0.1, 0.15) is 0 Å². The Hall–Kier alpha value is -0.330. The van der Waals surface area contributed by atoms with E-state index in [1.54, 1.807) is 0 Å². The molecule has 0 aliphatic rings. The number of carbonyl (C=O) groups excluding carboxylic acids is 1. The van der Waals surface area contributed by atoms with Gasteiger partial charge in [-0.05, 0) is 12.3 Å². The van der Waals surface area contributed by atoms with Gasteiger partial charge < -0.3 is 0 Å². The van der Waals surface area contributed by atoms with Gasteiger partial charge in [-0.2, -0.15) is 0 Å². The molecule has 0 aromatic carbocycles. The summed E-state index contributed by atoms with van der Waals surface area (Å²) in [5.74, 6) is 0.886. The topological polar surface area (TPSA) is 17.1 Å². The van der Waals surface area contributed by atoms with Gasteiger partial charge in [0.2, 0.25) is 0 Å². The maximum absolute atomic E-state index is 10.1. The highest BCUT2D eigenvalue weighted by Crippen LogP contribution is 2.15. The van der Waals surface area contributed by atoms with E-state index in [9.17, 15) is 4.79 Å². The summed E-state index contributed by atoms with van der Waals surface area (Å²) in [7, 11) is 0. The third-order valence-electron chi connectivity index (χ3n) is 5.06. The van der Waals surface area contributed by atoms with Crippen molar-refractivity contribution in [3.05, 3.63) is 0 Å². The fourth-order valence-electron chi connectivity index (χ4n) is 3.40. The third kappa shape index (κ3) is 21.7. The van der Waals surface area contributed by atoms with Crippen LogP contribution < -0.4 is 0 Å². The van der Waals surface area contributed by atoms with Gasteiger partial charge >= 0.3 is 0 Å². The lowest BCUT2D eigenvalue weighted by Gasteiger charge is -2.05. The molecule has 0 unspecified atom stereocenters. The van der Waals surface area contributed by atoms with Crippen molar-refractivity contribution in [3.63, 3.8) is 0 Å². The van der Waals surface area contributed by atoms with E-state index >= 15 is 0 Å². The molecule has 0 rings (SSSR count). The lowest BCUT2D eigenvalue weighted by Crippen LogP contribution is -1.87. The standard InChI is InChI=1S/C23H45O/c1-23(2)21-19-17-15-13-11-9-7-5-3-4-6-8-10-12-14-16-18-20-22-24/h23H,3-21H2,1-2H3. The minimum absolute atomic E-state index is 0.637. The van der Waals surface area contributed by atoms with E-state index in [2.05, 4.69) is 13.8 Å². The molecule has 0 atom stereocenters. The summed E-state index contributed by atoms with van der Waals surface area (Å²) in [6.07, 6.45) is 27.7. The maximum Gasteiger partial charge on any atom is 0.198 e. The summed E-state index contributed by atoms with van der Waals surface area (Å²) in [6, 6.07) is 0. The van der Waals surface area contributed by atoms with Crippen molar-refractivity contribution in [2.75, 3.05) is 0 Å². The number of rotatable bonds is 20. The Morgan fingerprint density at radius 2 is 0.792 bits per heavy atom. The minimum atomic E-state index is 0.637. The summed E-state index contributed by atoms with van der Waals surface area (Å²) >= 11 is 0. The van der Waals surface area contributed by atoms with Gasteiger partial charge in [-0.25, -0.2) is 0 Å². The first-order valence-corrected chi connectivity index (χ1v) is 11.1. The highest BCUT2D eigenvalue weighted by Gasteiger charge is 1.96. The molecule has 0 aliphatic heterocycles. The van der Waals surface area contributed by atoms with Crippen LogP contribution in [0.5, 0.6) is 0 Å². The third-order valence-corrected chi connectivity index (χ3v) is 5.06. The zero-order valence-corrected chi connectivity index (χ0v) is 16.9. The zero-order chi connectivity index (χ0) is 17.7. The van der Waals surface area contributed by atoms with Crippen molar-refractivity contribution >= 4 is 6.29 Å². The van der Waals surface area contributed by atoms with Crippen LogP contribution in [0.25, 0.3) is 0 Å². The van der Waals surface area contributed by atoms with E-state index in [0.29, 0.717) is 6.42 Å². The van der Waals surface area contributed by atoms with Crippen molar-refractivity contribution in [2.24, 2.45) is 5.92 Å². The molecule has 0 bridgehead atoms. The first kappa shape index (κ1) is 23.7. The van der Waals surface area contributed by atoms with Crippen molar-refractivity contribution in [3.8, 4) is 0 Å². The van der Waals surface area contributed by atoms with Gasteiger partial charge in [0.15, 0.2) is 6.29 Å². The highest BCUT2D eigenvalue weighted by molar-refractivity contribution is 5.50. The van der Waals surface area contributed by atoms with Gasteiger partial charge in [-0.15, -0.1) is 0 Å². The summed E-state index contributed by atoms with van der Waals surface area (Å²) in [6.45, 7) is 4.66. The Bertz CT molecular complexity index is 234. The molecule has 143 valence electrons. The Balaban J connectivity index is 2.97. The van der Waals surface area contributed by atoms with Crippen LogP contribution in [0.15, 0.2) is 0 Å². The van der Waals surface area contributed by atoms with Crippen LogP contribution >= 0.6 is 0 Å². The molecule has 1 radical (unpaired) electrons. The van der Waals surface area contributed by atoms with Gasteiger partial charge in [-0.3, -0.25) is 4.79 Å². The van der Waals surface area contributed by atoms with Crippen LogP contribution in [0.2, 0.25) is 0 Å². The molecular weight excluding hydrogens is 292 g/mol. The van der Waals surface area contributed by atoms with Gasteiger partial charge in [0, 0.05) is 6.42 Å². The molecule has 24 heavy (non-hydrogen) atoms.